The Labute approximate surface area is 206 Å². The lowest BCUT2D eigenvalue weighted by Gasteiger charge is -2.37. The van der Waals surface area contributed by atoms with E-state index in [1.807, 2.05) is 43.9 Å². The van der Waals surface area contributed by atoms with Gasteiger partial charge in [-0.25, -0.2) is 13.8 Å². The lowest BCUT2D eigenvalue weighted by Crippen LogP contribution is -2.25. The van der Waals surface area contributed by atoms with Gasteiger partial charge in [0, 0.05) is 30.2 Å². The fourth-order valence-electron chi connectivity index (χ4n) is 4.37. The van der Waals surface area contributed by atoms with E-state index in [0.717, 1.165) is 36.1 Å². The van der Waals surface area contributed by atoms with E-state index in [4.69, 9.17) is 0 Å². The first-order chi connectivity index (χ1) is 16.6. The molecular formula is C29H33F2N3O. The second-order valence-corrected chi connectivity index (χ2v) is 9.65. The second kappa shape index (κ2) is 11.3. The van der Waals surface area contributed by atoms with Gasteiger partial charge in [0.25, 0.3) is 0 Å². The molecule has 0 radical (unpaired) electrons. The summed E-state index contributed by atoms with van der Waals surface area (Å²) in [6, 6.07) is 3.58. The van der Waals surface area contributed by atoms with Crippen LogP contribution in [-0.2, 0) is 4.79 Å². The summed E-state index contributed by atoms with van der Waals surface area (Å²) in [5, 5.41) is 2.53. The van der Waals surface area contributed by atoms with Crippen LogP contribution < -0.4 is 5.32 Å². The molecule has 0 saturated heterocycles. The number of amides is 1. The summed E-state index contributed by atoms with van der Waals surface area (Å²) in [5.74, 6) is -2.37. The first-order valence-corrected chi connectivity index (χ1v) is 11.7. The number of nitrogens with zero attached hydrogens (tertiary/aromatic N) is 2. The highest BCUT2D eigenvalue weighted by Crippen LogP contribution is 2.45. The Bertz CT molecular complexity index is 1210. The molecule has 184 valence electrons. The van der Waals surface area contributed by atoms with Gasteiger partial charge in [-0.05, 0) is 67.9 Å². The van der Waals surface area contributed by atoms with Gasteiger partial charge >= 0.3 is 0 Å². The zero-order valence-corrected chi connectivity index (χ0v) is 21.0. The van der Waals surface area contributed by atoms with Crippen LogP contribution >= 0.6 is 0 Å². The van der Waals surface area contributed by atoms with E-state index in [1.54, 1.807) is 6.92 Å². The minimum absolute atomic E-state index is 0.105. The van der Waals surface area contributed by atoms with Crippen LogP contribution in [0.25, 0.3) is 0 Å². The minimum atomic E-state index is -1.00. The lowest BCUT2D eigenvalue weighted by molar-refractivity contribution is -0.111. The fraction of sp³-hybridized carbons (Fsp3) is 0.310. The Morgan fingerprint density at radius 1 is 1.17 bits per heavy atom. The summed E-state index contributed by atoms with van der Waals surface area (Å²) in [7, 11) is 0. The Kier molecular flexibility index (Phi) is 8.39. The van der Waals surface area contributed by atoms with Crippen molar-refractivity contribution < 1.29 is 13.6 Å². The van der Waals surface area contributed by atoms with Gasteiger partial charge in [0.2, 0.25) is 5.91 Å². The van der Waals surface area contributed by atoms with Gasteiger partial charge in [-0.2, -0.15) is 0 Å². The summed E-state index contributed by atoms with van der Waals surface area (Å²) in [4.78, 5) is 16.3. The second-order valence-electron chi connectivity index (χ2n) is 9.65. The van der Waals surface area contributed by atoms with Crippen molar-refractivity contribution in [2.45, 2.75) is 53.5 Å². The van der Waals surface area contributed by atoms with E-state index >= 15 is 0 Å². The SMILES string of the molecule is CC(C=CC1=C(C)C(n2ccnc2)CCC1(C)C)=CC=CC(C)=CC(=O)Nc1ccc(F)c(F)c1. The first kappa shape index (κ1) is 26.1. The molecule has 0 aliphatic heterocycles. The molecule has 1 amide bonds. The topological polar surface area (TPSA) is 46.9 Å². The molecule has 4 nitrogen and oxygen atoms in total. The third-order valence-electron chi connectivity index (χ3n) is 6.36. The average Bonchev–Trinajstić information content (AvgIpc) is 3.30. The van der Waals surface area contributed by atoms with Crippen LogP contribution in [0.1, 0.15) is 53.5 Å². The summed E-state index contributed by atoms with van der Waals surface area (Å²) >= 11 is 0. The normalized spacial score (nSPS) is 19.1. The predicted octanol–water partition coefficient (Wildman–Crippen LogP) is 7.48. The molecule has 0 fully saturated rings. The quantitative estimate of drug-likeness (QED) is 0.332. The number of imidazole rings is 1. The largest absolute Gasteiger partial charge is 0.330 e. The van der Waals surface area contributed by atoms with Crippen LogP contribution in [0, 0.1) is 17.0 Å². The van der Waals surface area contributed by atoms with Crippen molar-refractivity contribution in [2.75, 3.05) is 5.32 Å². The number of rotatable bonds is 7. The maximum Gasteiger partial charge on any atom is 0.248 e. The van der Waals surface area contributed by atoms with Gasteiger partial charge < -0.3 is 9.88 Å². The summed E-state index contributed by atoms with van der Waals surface area (Å²) in [5.41, 5.74) is 4.84. The van der Waals surface area contributed by atoms with Gasteiger partial charge in [-0.3, -0.25) is 4.79 Å². The molecule has 2 aromatic rings. The van der Waals surface area contributed by atoms with Crippen LogP contribution in [0.2, 0.25) is 0 Å². The number of halogens is 2. The predicted molar refractivity (Wildman–Crippen MR) is 138 cm³/mol. The first-order valence-electron chi connectivity index (χ1n) is 11.7. The zero-order chi connectivity index (χ0) is 25.6. The smallest absolute Gasteiger partial charge is 0.248 e. The molecule has 1 N–H and O–H groups in total. The maximum absolute atomic E-state index is 13.3. The standard InChI is InChI=1S/C29H33F2N3O/c1-20(7-6-8-21(2)17-28(35)33-23-10-12-25(30)26(31)18-23)9-11-24-22(3)27(13-14-29(24,4)5)34-16-15-32-19-34/h6-12,15-19,27H,13-14H2,1-5H3,(H,33,35). The summed E-state index contributed by atoms with van der Waals surface area (Å²) in [6.07, 6.45) is 19.4. The molecule has 6 heteroatoms. The van der Waals surface area contributed by atoms with E-state index in [-0.39, 0.29) is 11.1 Å². The van der Waals surface area contributed by atoms with Crippen LogP contribution in [0.5, 0.6) is 0 Å². The molecule has 1 heterocycles. The number of allylic oxidation sites excluding steroid dienone is 9. The van der Waals surface area contributed by atoms with E-state index in [2.05, 4.69) is 47.8 Å². The Morgan fingerprint density at radius 2 is 1.94 bits per heavy atom. The van der Waals surface area contributed by atoms with E-state index in [9.17, 15) is 13.6 Å². The minimum Gasteiger partial charge on any atom is -0.330 e. The fourth-order valence-corrected chi connectivity index (χ4v) is 4.37. The van der Waals surface area contributed by atoms with Crippen LogP contribution in [0.3, 0.4) is 0 Å². The highest BCUT2D eigenvalue weighted by molar-refractivity contribution is 5.99. The Balaban J connectivity index is 1.65. The van der Waals surface area contributed by atoms with Crippen LogP contribution in [0.15, 0.2) is 95.7 Å². The molecule has 1 aliphatic rings. The highest BCUT2D eigenvalue weighted by Gasteiger charge is 2.32. The molecule has 1 unspecified atom stereocenters. The van der Waals surface area contributed by atoms with Crippen molar-refractivity contribution in [2.24, 2.45) is 5.41 Å². The molecule has 0 saturated carbocycles. The Morgan fingerprint density at radius 3 is 2.63 bits per heavy atom. The van der Waals surface area contributed by atoms with E-state index < -0.39 is 17.5 Å². The lowest BCUT2D eigenvalue weighted by atomic mass is 9.71. The molecule has 0 bridgehead atoms. The molecule has 1 aromatic carbocycles. The summed E-state index contributed by atoms with van der Waals surface area (Å²) < 4.78 is 28.5. The van der Waals surface area contributed by atoms with Gasteiger partial charge in [0.05, 0.1) is 12.4 Å². The third-order valence-corrected chi connectivity index (χ3v) is 6.36. The van der Waals surface area contributed by atoms with Crippen molar-refractivity contribution in [3.05, 3.63) is 107 Å². The molecule has 1 aromatic heterocycles. The van der Waals surface area contributed by atoms with Gasteiger partial charge in [0.15, 0.2) is 11.6 Å². The molecule has 1 aliphatic carbocycles. The Hall–Kier alpha value is -3.54. The third kappa shape index (κ3) is 6.98. The monoisotopic (exact) mass is 477 g/mol. The van der Waals surface area contributed by atoms with Crippen LogP contribution in [-0.4, -0.2) is 15.5 Å². The summed E-state index contributed by atoms with van der Waals surface area (Å²) in [6.45, 7) is 10.6. The van der Waals surface area contributed by atoms with Crippen molar-refractivity contribution in [1.29, 1.82) is 0 Å². The molecule has 35 heavy (non-hydrogen) atoms. The van der Waals surface area contributed by atoms with Crippen LogP contribution in [0.4, 0.5) is 14.5 Å². The van der Waals surface area contributed by atoms with Gasteiger partial charge in [-0.1, -0.05) is 49.8 Å². The number of hydrogen-bond acceptors (Lipinski definition) is 2. The number of carbonyl (C=O) groups is 1. The van der Waals surface area contributed by atoms with E-state index in [0.29, 0.717) is 6.04 Å². The average molecular weight is 478 g/mol. The van der Waals surface area contributed by atoms with Crippen molar-refractivity contribution >= 4 is 11.6 Å². The van der Waals surface area contributed by atoms with Crippen molar-refractivity contribution in [3.63, 3.8) is 0 Å². The molecule has 1 atom stereocenters. The number of anilines is 1. The van der Waals surface area contributed by atoms with Gasteiger partial charge in [-0.15, -0.1) is 0 Å². The number of hydrogen-bond donors (Lipinski definition) is 1. The molecule has 0 spiro atoms. The van der Waals surface area contributed by atoms with Gasteiger partial charge in [0.1, 0.15) is 0 Å². The number of nitrogens with one attached hydrogen (secondary N) is 1. The molecule has 3 rings (SSSR count). The van der Waals surface area contributed by atoms with E-state index in [1.165, 1.54) is 23.3 Å². The number of carbonyl (C=O) groups excluding carboxylic acids is 1. The maximum atomic E-state index is 13.3. The van der Waals surface area contributed by atoms with Crippen molar-refractivity contribution in [3.8, 4) is 0 Å². The number of benzene rings is 1. The zero-order valence-electron chi connectivity index (χ0n) is 21.0. The highest BCUT2D eigenvalue weighted by atomic mass is 19.2. The van der Waals surface area contributed by atoms with Crippen molar-refractivity contribution in [1.82, 2.24) is 9.55 Å². The molecular weight excluding hydrogens is 444 g/mol. The number of aromatic nitrogens is 2.